The summed E-state index contributed by atoms with van der Waals surface area (Å²) in [6.45, 7) is 4.98. The van der Waals surface area contributed by atoms with Gasteiger partial charge in [-0.15, -0.1) is 0 Å². The van der Waals surface area contributed by atoms with E-state index in [9.17, 15) is 4.39 Å². The Morgan fingerprint density at radius 2 is 2.29 bits per heavy atom. The van der Waals surface area contributed by atoms with Crippen LogP contribution in [0.15, 0.2) is 18.2 Å². The molecule has 1 N–H and O–H groups in total. The Morgan fingerprint density at radius 1 is 1.47 bits per heavy atom. The van der Waals surface area contributed by atoms with Crippen molar-refractivity contribution in [3.63, 3.8) is 0 Å². The minimum atomic E-state index is -0.244. The largest absolute Gasteiger partial charge is 0.497 e. The highest BCUT2D eigenvalue weighted by atomic mass is 19.1. The SMILES string of the molecule is CCNC1CCN(c2cc(F)cc(OC)c2)C1. The normalized spacial score (nSPS) is 19.7. The second kappa shape index (κ2) is 5.36. The van der Waals surface area contributed by atoms with Crippen LogP contribution in [0.2, 0.25) is 0 Å². The second-order valence-corrected chi connectivity index (χ2v) is 4.34. The zero-order valence-electron chi connectivity index (χ0n) is 10.4. The van der Waals surface area contributed by atoms with E-state index in [-0.39, 0.29) is 5.82 Å². The molecule has 0 saturated carbocycles. The monoisotopic (exact) mass is 238 g/mol. The van der Waals surface area contributed by atoms with Crippen molar-refractivity contribution in [3.8, 4) is 5.75 Å². The molecule has 1 aliphatic rings. The first kappa shape index (κ1) is 12.2. The maximum absolute atomic E-state index is 13.4. The van der Waals surface area contributed by atoms with Gasteiger partial charge in [-0.3, -0.25) is 0 Å². The van der Waals surface area contributed by atoms with Crippen molar-refractivity contribution in [2.45, 2.75) is 19.4 Å². The van der Waals surface area contributed by atoms with Crippen molar-refractivity contribution < 1.29 is 9.13 Å². The van der Waals surface area contributed by atoms with Crippen LogP contribution in [0, 0.1) is 5.82 Å². The molecule has 1 fully saturated rings. The van der Waals surface area contributed by atoms with E-state index in [4.69, 9.17) is 4.74 Å². The summed E-state index contributed by atoms with van der Waals surface area (Å²) in [5.74, 6) is 0.332. The highest BCUT2D eigenvalue weighted by Crippen LogP contribution is 2.26. The number of methoxy groups -OCH3 is 1. The molecular weight excluding hydrogens is 219 g/mol. The van der Waals surface area contributed by atoms with Gasteiger partial charge in [0.25, 0.3) is 0 Å². The number of halogens is 1. The van der Waals surface area contributed by atoms with Crippen molar-refractivity contribution >= 4 is 5.69 Å². The van der Waals surface area contributed by atoms with E-state index in [0.29, 0.717) is 11.8 Å². The molecule has 1 aliphatic heterocycles. The van der Waals surface area contributed by atoms with E-state index in [1.165, 1.54) is 6.07 Å². The van der Waals surface area contributed by atoms with Gasteiger partial charge in [-0.1, -0.05) is 6.92 Å². The molecule has 0 bridgehead atoms. The molecule has 1 aromatic rings. The molecule has 2 rings (SSSR count). The van der Waals surface area contributed by atoms with E-state index >= 15 is 0 Å². The summed E-state index contributed by atoms with van der Waals surface area (Å²) in [6.07, 6.45) is 1.10. The van der Waals surface area contributed by atoms with Gasteiger partial charge in [0.1, 0.15) is 11.6 Å². The number of likely N-dealkylation sites (N-methyl/N-ethyl adjacent to an activating group) is 1. The number of hydrogen-bond acceptors (Lipinski definition) is 3. The van der Waals surface area contributed by atoms with Gasteiger partial charge in [0.2, 0.25) is 0 Å². The Bertz CT molecular complexity index is 384. The summed E-state index contributed by atoms with van der Waals surface area (Å²) in [5.41, 5.74) is 0.905. The van der Waals surface area contributed by atoms with Gasteiger partial charge >= 0.3 is 0 Å². The van der Waals surface area contributed by atoms with Crippen LogP contribution < -0.4 is 15.0 Å². The van der Waals surface area contributed by atoms with E-state index < -0.39 is 0 Å². The van der Waals surface area contributed by atoms with Crippen LogP contribution in [-0.4, -0.2) is 32.8 Å². The number of nitrogens with zero attached hydrogens (tertiary/aromatic N) is 1. The fraction of sp³-hybridized carbons (Fsp3) is 0.538. The third-order valence-electron chi connectivity index (χ3n) is 3.14. The first-order valence-corrected chi connectivity index (χ1v) is 6.06. The number of ether oxygens (including phenoxy) is 1. The van der Waals surface area contributed by atoms with Gasteiger partial charge in [0.05, 0.1) is 7.11 Å². The molecule has 94 valence electrons. The van der Waals surface area contributed by atoms with Gasteiger partial charge < -0.3 is 15.0 Å². The van der Waals surface area contributed by atoms with Crippen molar-refractivity contribution in [2.24, 2.45) is 0 Å². The molecule has 17 heavy (non-hydrogen) atoms. The number of nitrogens with one attached hydrogen (secondary N) is 1. The fourth-order valence-corrected chi connectivity index (χ4v) is 2.30. The van der Waals surface area contributed by atoms with Crippen LogP contribution in [0.1, 0.15) is 13.3 Å². The molecule has 4 heteroatoms. The molecule has 1 aromatic carbocycles. The molecule has 1 atom stereocenters. The van der Waals surface area contributed by atoms with E-state index in [0.717, 1.165) is 31.7 Å². The maximum atomic E-state index is 13.4. The number of benzene rings is 1. The fourth-order valence-electron chi connectivity index (χ4n) is 2.30. The van der Waals surface area contributed by atoms with Gasteiger partial charge in [-0.2, -0.15) is 0 Å². The summed E-state index contributed by atoms with van der Waals surface area (Å²) in [4.78, 5) is 2.19. The van der Waals surface area contributed by atoms with Crippen LogP contribution in [-0.2, 0) is 0 Å². The molecule has 0 radical (unpaired) electrons. The van der Waals surface area contributed by atoms with Gasteiger partial charge in [-0.25, -0.2) is 4.39 Å². The topological polar surface area (TPSA) is 24.5 Å². The summed E-state index contributed by atoms with van der Waals surface area (Å²) >= 11 is 0. The molecular formula is C13H19FN2O. The van der Waals surface area contributed by atoms with Crippen LogP contribution in [0.25, 0.3) is 0 Å². The first-order chi connectivity index (χ1) is 8.22. The minimum absolute atomic E-state index is 0.244. The van der Waals surface area contributed by atoms with Crippen LogP contribution in [0.4, 0.5) is 10.1 Å². The third kappa shape index (κ3) is 2.88. The molecule has 0 aliphatic carbocycles. The molecule has 0 amide bonds. The van der Waals surface area contributed by atoms with Crippen molar-refractivity contribution in [1.29, 1.82) is 0 Å². The molecule has 1 heterocycles. The Hall–Kier alpha value is -1.29. The minimum Gasteiger partial charge on any atom is -0.497 e. The van der Waals surface area contributed by atoms with Crippen LogP contribution in [0.5, 0.6) is 5.75 Å². The number of rotatable bonds is 4. The quantitative estimate of drug-likeness (QED) is 0.868. The lowest BCUT2D eigenvalue weighted by molar-refractivity contribution is 0.411. The Labute approximate surface area is 102 Å². The average molecular weight is 238 g/mol. The maximum Gasteiger partial charge on any atom is 0.128 e. The molecule has 1 saturated heterocycles. The summed E-state index contributed by atoms with van der Waals surface area (Å²) in [6, 6.07) is 5.37. The highest BCUT2D eigenvalue weighted by molar-refractivity contribution is 5.52. The third-order valence-corrected chi connectivity index (χ3v) is 3.14. The predicted octanol–water partition coefficient (Wildman–Crippen LogP) is 2.02. The van der Waals surface area contributed by atoms with Crippen molar-refractivity contribution in [1.82, 2.24) is 5.32 Å². The number of anilines is 1. The standard InChI is InChI=1S/C13H19FN2O/c1-3-15-11-4-5-16(9-11)12-6-10(14)7-13(8-12)17-2/h6-8,11,15H,3-5,9H2,1-2H3. The smallest absolute Gasteiger partial charge is 0.128 e. The summed E-state index contributed by atoms with van der Waals surface area (Å²) in [7, 11) is 1.56. The lowest BCUT2D eigenvalue weighted by atomic mass is 10.2. The Kier molecular flexibility index (Phi) is 3.84. The second-order valence-electron chi connectivity index (χ2n) is 4.34. The molecule has 1 unspecified atom stereocenters. The first-order valence-electron chi connectivity index (χ1n) is 6.06. The molecule has 0 aromatic heterocycles. The van der Waals surface area contributed by atoms with Gasteiger partial charge in [-0.05, 0) is 19.0 Å². The Morgan fingerprint density at radius 3 is 3.00 bits per heavy atom. The Balaban J connectivity index is 2.10. The molecule has 3 nitrogen and oxygen atoms in total. The number of hydrogen-bond donors (Lipinski definition) is 1. The average Bonchev–Trinajstić information content (AvgIpc) is 2.77. The van der Waals surface area contributed by atoms with Crippen LogP contribution >= 0.6 is 0 Å². The van der Waals surface area contributed by atoms with Crippen molar-refractivity contribution in [2.75, 3.05) is 31.6 Å². The summed E-state index contributed by atoms with van der Waals surface area (Å²) in [5, 5.41) is 3.42. The highest BCUT2D eigenvalue weighted by Gasteiger charge is 2.22. The summed E-state index contributed by atoms with van der Waals surface area (Å²) < 4.78 is 18.5. The predicted molar refractivity (Wildman–Crippen MR) is 67.2 cm³/mol. The zero-order valence-corrected chi connectivity index (χ0v) is 10.4. The van der Waals surface area contributed by atoms with E-state index in [1.807, 2.05) is 6.07 Å². The van der Waals surface area contributed by atoms with Gasteiger partial charge in [0, 0.05) is 37.0 Å². The zero-order chi connectivity index (χ0) is 12.3. The van der Waals surface area contributed by atoms with E-state index in [1.54, 1.807) is 13.2 Å². The molecule has 0 spiro atoms. The lowest BCUT2D eigenvalue weighted by Gasteiger charge is -2.19. The van der Waals surface area contributed by atoms with E-state index in [2.05, 4.69) is 17.1 Å². The van der Waals surface area contributed by atoms with Crippen LogP contribution in [0.3, 0.4) is 0 Å². The van der Waals surface area contributed by atoms with Crippen molar-refractivity contribution in [3.05, 3.63) is 24.0 Å². The lowest BCUT2D eigenvalue weighted by Crippen LogP contribution is -2.32. The van der Waals surface area contributed by atoms with Gasteiger partial charge in [0.15, 0.2) is 0 Å².